The van der Waals surface area contributed by atoms with E-state index in [0.717, 1.165) is 0 Å². The van der Waals surface area contributed by atoms with Gasteiger partial charge in [-0.15, -0.1) is 13.2 Å². The monoisotopic (exact) mass is 237 g/mol. The van der Waals surface area contributed by atoms with E-state index in [1.54, 1.807) is 0 Å². The zero-order chi connectivity index (χ0) is 12.3. The Morgan fingerprint density at radius 2 is 2.00 bits per heavy atom. The fraction of sp³-hybridized carbons (Fsp3) is 0.375. The van der Waals surface area contributed by atoms with Gasteiger partial charge in [0.2, 0.25) is 5.88 Å². The van der Waals surface area contributed by atoms with Crippen LogP contribution in [0, 0.1) is 0 Å². The summed E-state index contributed by atoms with van der Waals surface area (Å²) in [7, 11) is 0. The van der Waals surface area contributed by atoms with Crippen molar-refractivity contribution in [2.75, 3.05) is 5.73 Å². The van der Waals surface area contributed by atoms with Gasteiger partial charge < -0.3 is 21.3 Å². The zero-order valence-corrected chi connectivity index (χ0v) is 8.08. The summed E-state index contributed by atoms with van der Waals surface area (Å²) >= 11 is 0. The van der Waals surface area contributed by atoms with Crippen molar-refractivity contribution < 1.29 is 23.0 Å². The van der Waals surface area contributed by atoms with Crippen LogP contribution < -0.4 is 16.2 Å². The molecule has 8 heteroatoms. The molecule has 0 aromatic carbocycles. The van der Waals surface area contributed by atoms with Gasteiger partial charge in [-0.05, 0) is 6.07 Å². The summed E-state index contributed by atoms with van der Waals surface area (Å²) < 4.78 is 39.6. The van der Waals surface area contributed by atoms with Crippen LogP contribution in [0.4, 0.5) is 19.0 Å². The molecule has 0 bridgehead atoms. The molecule has 0 amide bonds. The third kappa shape index (κ3) is 2.97. The van der Waals surface area contributed by atoms with Gasteiger partial charge in [-0.2, -0.15) is 4.98 Å². The molecule has 1 rings (SSSR count). The molecule has 0 unspecified atom stereocenters. The molecular formula is C8H10F3N3O2. The van der Waals surface area contributed by atoms with Crippen molar-refractivity contribution in [3.63, 3.8) is 0 Å². The van der Waals surface area contributed by atoms with Gasteiger partial charge in [-0.3, -0.25) is 0 Å². The first kappa shape index (κ1) is 12.5. The Balaban J connectivity index is 3.13. The van der Waals surface area contributed by atoms with Crippen LogP contribution in [0.3, 0.4) is 0 Å². The molecule has 0 aliphatic heterocycles. The number of anilines is 1. The minimum absolute atomic E-state index is 0.0237. The second kappa shape index (κ2) is 4.54. The average molecular weight is 237 g/mol. The largest absolute Gasteiger partial charge is 0.574 e. The third-order valence-electron chi connectivity index (χ3n) is 1.78. The summed E-state index contributed by atoms with van der Waals surface area (Å²) in [5.41, 5.74) is 10.8. The molecule has 0 aliphatic rings. The maximum Gasteiger partial charge on any atom is 0.574 e. The first-order chi connectivity index (χ1) is 7.37. The molecule has 16 heavy (non-hydrogen) atoms. The molecule has 0 saturated heterocycles. The van der Waals surface area contributed by atoms with Crippen LogP contribution >= 0.6 is 0 Å². The number of nitrogens with two attached hydrogens (primary N) is 2. The number of aliphatic hydroxyl groups is 1. The van der Waals surface area contributed by atoms with Crippen LogP contribution in [0.15, 0.2) is 6.07 Å². The minimum Gasteiger partial charge on any atom is -0.392 e. The van der Waals surface area contributed by atoms with E-state index in [-0.39, 0.29) is 23.5 Å². The molecule has 5 nitrogen and oxygen atoms in total. The summed E-state index contributed by atoms with van der Waals surface area (Å²) in [6.45, 7) is -0.635. The van der Waals surface area contributed by atoms with E-state index in [2.05, 4.69) is 9.72 Å². The molecule has 1 heterocycles. The average Bonchev–Trinajstić information content (AvgIpc) is 2.16. The van der Waals surface area contributed by atoms with E-state index in [0.29, 0.717) is 0 Å². The lowest BCUT2D eigenvalue weighted by Gasteiger charge is -2.13. The van der Waals surface area contributed by atoms with Crippen molar-refractivity contribution in [1.82, 2.24) is 4.98 Å². The van der Waals surface area contributed by atoms with Gasteiger partial charge in [-0.1, -0.05) is 0 Å². The standard InChI is InChI=1S/C8H10F3N3O2/c9-8(10,11)16-7-4(2-12)1-5(3-15)6(13)14-7/h1,15H,2-3,12H2,(H2,13,14). The van der Waals surface area contributed by atoms with Crippen molar-refractivity contribution in [2.24, 2.45) is 5.73 Å². The topological polar surface area (TPSA) is 94.4 Å². The Bertz CT molecular complexity index is 382. The highest BCUT2D eigenvalue weighted by molar-refractivity contribution is 5.45. The highest BCUT2D eigenvalue weighted by Gasteiger charge is 2.33. The van der Waals surface area contributed by atoms with E-state index in [1.165, 1.54) is 6.07 Å². The number of pyridine rings is 1. The molecule has 5 N–H and O–H groups in total. The van der Waals surface area contributed by atoms with Gasteiger partial charge in [0.1, 0.15) is 5.82 Å². The van der Waals surface area contributed by atoms with Crippen LogP contribution in [0.5, 0.6) is 5.88 Å². The number of hydrogen-bond donors (Lipinski definition) is 3. The number of alkyl halides is 3. The number of ether oxygens (including phenoxy) is 1. The second-order valence-electron chi connectivity index (χ2n) is 2.91. The number of nitrogens with zero attached hydrogens (tertiary/aromatic N) is 1. The van der Waals surface area contributed by atoms with Crippen molar-refractivity contribution in [3.05, 3.63) is 17.2 Å². The number of rotatable bonds is 3. The van der Waals surface area contributed by atoms with E-state index < -0.39 is 18.8 Å². The van der Waals surface area contributed by atoms with Crippen LogP contribution in [-0.2, 0) is 13.2 Å². The summed E-state index contributed by atoms with van der Waals surface area (Å²) in [4.78, 5) is 3.40. The van der Waals surface area contributed by atoms with Crippen LogP contribution in [0.25, 0.3) is 0 Å². The Morgan fingerprint density at radius 3 is 2.44 bits per heavy atom. The zero-order valence-electron chi connectivity index (χ0n) is 8.08. The predicted octanol–water partition coefficient (Wildman–Crippen LogP) is 0.513. The third-order valence-corrected chi connectivity index (χ3v) is 1.78. The fourth-order valence-corrected chi connectivity index (χ4v) is 1.07. The molecule has 0 saturated carbocycles. The second-order valence-corrected chi connectivity index (χ2v) is 2.91. The Hall–Kier alpha value is -1.54. The molecule has 0 atom stereocenters. The first-order valence-corrected chi connectivity index (χ1v) is 4.22. The molecule has 0 fully saturated rings. The van der Waals surface area contributed by atoms with E-state index in [4.69, 9.17) is 16.6 Å². The lowest BCUT2D eigenvalue weighted by molar-refractivity contribution is -0.276. The number of aromatic nitrogens is 1. The smallest absolute Gasteiger partial charge is 0.392 e. The maximum absolute atomic E-state index is 12.0. The molecule has 90 valence electrons. The van der Waals surface area contributed by atoms with Crippen LogP contribution in [0.1, 0.15) is 11.1 Å². The molecular weight excluding hydrogens is 227 g/mol. The number of aliphatic hydroxyl groups excluding tert-OH is 1. The summed E-state index contributed by atoms with van der Waals surface area (Å²) in [5.74, 6) is -0.913. The maximum atomic E-state index is 12.0. The van der Waals surface area contributed by atoms with Gasteiger partial charge in [-0.25, -0.2) is 0 Å². The van der Waals surface area contributed by atoms with Crippen LogP contribution in [0.2, 0.25) is 0 Å². The summed E-state index contributed by atoms with van der Waals surface area (Å²) in [5, 5.41) is 8.84. The van der Waals surface area contributed by atoms with Gasteiger partial charge >= 0.3 is 6.36 Å². The van der Waals surface area contributed by atoms with Gasteiger partial charge in [0.05, 0.1) is 6.61 Å². The lowest BCUT2D eigenvalue weighted by atomic mass is 10.2. The Labute approximate surface area is 88.8 Å². The molecule has 1 aromatic rings. The normalized spacial score (nSPS) is 11.6. The Morgan fingerprint density at radius 1 is 1.38 bits per heavy atom. The lowest BCUT2D eigenvalue weighted by Crippen LogP contribution is -2.20. The van der Waals surface area contributed by atoms with Crippen molar-refractivity contribution in [2.45, 2.75) is 19.5 Å². The minimum atomic E-state index is -4.86. The number of halogens is 3. The highest BCUT2D eigenvalue weighted by atomic mass is 19.4. The van der Waals surface area contributed by atoms with Gasteiger partial charge in [0, 0.05) is 17.7 Å². The number of nitrogen functional groups attached to an aromatic ring is 1. The van der Waals surface area contributed by atoms with Gasteiger partial charge in [0.15, 0.2) is 0 Å². The van der Waals surface area contributed by atoms with E-state index in [1.807, 2.05) is 0 Å². The summed E-state index contributed by atoms with van der Waals surface area (Å²) in [6, 6.07) is 1.23. The van der Waals surface area contributed by atoms with E-state index >= 15 is 0 Å². The molecule has 0 radical (unpaired) electrons. The highest BCUT2D eigenvalue weighted by Crippen LogP contribution is 2.27. The predicted molar refractivity (Wildman–Crippen MR) is 49.1 cm³/mol. The van der Waals surface area contributed by atoms with Crippen molar-refractivity contribution in [3.8, 4) is 5.88 Å². The van der Waals surface area contributed by atoms with E-state index in [9.17, 15) is 13.2 Å². The first-order valence-electron chi connectivity index (χ1n) is 4.22. The van der Waals surface area contributed by atoms with Crippen LogP contribution in [-0.4, -0.2) is 16.5 Å². The molecule has 0 spiro atoms. The van der Waals surface area contributed by atoms with Crippen molar-refractivity contribution in [1.29, 1.82) is 0 Å². The molecule has 1 aromatic heterocycles. The SMILES string of the molecule is NCc1cc(CO)c(N)nc1OC(F)(F)F. The number of hydrogen-bond acceptors (Lipinski definition) is 5. The molecule has 0 aliphatic carbocycles. The Kier molecular flexibility index (Phi) is 3.55. The van der Waals surface area contributed by atoms with Gasteiger partial charge in [0.25, 0.3) is 0 Å². The summed E-state index contributed by atoms with van der Waals surface area (Å²) in [6.07, 6.45) is -4.86. The quantitative estimate of drug-likeness (QED) is 0.712. The van der Waals surface area contributed by atoms with Crippen molar-refractivity contribution >= 4 is 5.82 Å². The fourth-order valence-electron chi connectivity index (χ4n) is 1.07.